The third-order valence-corrected chi connectivity index (χ3v) is 6.06. The molecule has 146 valence electrons. The van der Waals surface area contributed by atoms with Crippen LogP contribution in [0.2, 0.25) is 0 Å². The van der Waals surface area contributed by atoms with Gasteiger partial charge in [-0.15, -0.1) is 0 Å². The summed E-state index contributed by atoms with van der Waals surface area (Å²) in [4.78, 5) is 17.4. The number of anilines is 1. The highest BCUT2D eigenvalue weighted by molar-refractivity contribution is 7.80. The fourth-order valence-electron chi connectivity index (χ4n) is 4.40. The zero-order valence-corrected chi connectivity index (χ0v) is 17.2. The second kappa shape index (κ2) is 7.09. The molecule has 2 aliphatic heterocycles. The number of thiocarbonyl (C=S) groups is 1. The molecule has 28 heavy (non-hydrogen) atoms. The number of ether oxygens (including phenoxy) is 1. The van der Waals surface area contributed by atoms with Gasteiger partial charge in [-0.05, 0) is 51.2 Å². The van der Waals surface area contributed by atoms with E-state index in [4.69, 9.17) is 17.0 Å². The molecule has 0 aromatic heterocycles. The number of fused-ring (bicyclic) bond motifs is 4. The normalized spacial score (nSPS) is 25.4. The van der Waals surface area contributed by atoms with E-state index in [-0.39, 0.29) is 11.9 Å². The van der Waals surface area contributed by atoms with Crippen LogP contribution in [-0.2, 0) is 4.79 Å². The molecular formula is C22H25N3O2S. The van der Waals surface area contributed by atoms with Crippen LogP contribution in [0, 0.1) is 5.92 Å². The summed E-state index contributed by atoms with van der Waals surface area (Å²) < 4.78 is 6.55. The van der Waals surface area contributed by atoms with E-state index in [1.165, 1.54) is 0 Å². The van der Waals surface area contributed by atoms with E-state index in [2.05, 4.69) is 5.32 Å². The van der Waals surface area contributed by atoms with Gasteiger partial charge < -0.3 is 15.0 Å². The van der Waals surface area contributed by atoms with Crippen molar-refractivity contribution >= 4 is 28.9 Å². The first-order valence-electron chi connectivity index (χ1n) is 9.73. The van der Waals surface area contributed by atoms with Crippen molar-refractivity contribution in [3.8, 4) is 5.75 Å². The lowest BCUT2D eigenvalue weighted by Crippen LogP contribution is -2.72. The number of carbonyl (C=O) groups is 1. The summed E-state index contributed by atoms with van der Waals surface area (Å²) in [6, 6.07) is 17.5. The molecule has 2 heterocycles. The second-order valence-electron chi connectivity index (χ2n) is 7.28. The van der Waals surface area contributed by atoms with Crippen LogP contribution in [-0.4, -0.2) is 34.7 Å². The summed E-state index contributed by atoms with van der Waals surface area (Å²) in [5.41, 5.74) is 0.945. The van der Waals surface area contributed by atoms with Gasteiger partial charge in [0.25, 0.3) is 0 Å². The number of para-hydroxylation sites is 2. The lowest BCUT2D eigenvalue weighted by molar-refractivity contribution is -0.146. The summed E-state index contributed by atoms with van der Waals surface area (Å²) in [5, 5.41) is 4.01. The largest absolute Gasteiger partial charge is 0.467 e. The van der Waals surface area contributed by atoms with Crippen LogP contribution >= 0.6 is 12.2 Å². The molecule has 3 atom stereocenters. The standard InChI is InChI=1S/C22H25N3O2S/c1-4-24(5-2)20(26)18-19-16-13-9-10-14-17(16)27-22(18,3)25(21(28)23-19)15-11-7-6-8-12-15/h6-14,18-19H,4-5H2,1-3H3,(H,23,28). The quantitative estimate of drug-likeness (QED) is 0.800. The Bertz CT molecular complexity index is 900. The number of hydrogen-bond acceptors (Lipinski definition) is 3. The highest BCUT2D eigenvalue weighted by Crippen LogP contribution is 2.49. The van der Waals surface area contributed by atoms with Crippen LogP contribution in [0.5, 0.6) is 5.75 Å². The highest BCUT2D eigenvalue weighted by Gasteiger charge is 2.59. The second-order valence-corrected chi connectivity index (χ2v) is 7.67. The Kier molecular flexibility index (Phi) is 4.75. The molecule has 0 aliphatic carbocycles. The van der Waals surface area contributed by atoms with Gasteiger partial charge in [-0.25, -0.2) is 0 Å². The number of rotatable bonds is 4. The first-order chi connectivity index (χ1) is 13.5. The first-order valence-corrected chi connectivity index (χ1v) is 10.1. The molecule has 1 saturated heterocycles. The Balaban J connectivity index is 1.89. The Labute approximate surface area is 171 Å². The average molecular weight is 396 g/mol. The van der Waals surface area contributed by atoms with Gasteiger partial charge in [0, 0.05) is 24.3 Å². The average Bonchev–Trinajstić information content (AvgIpc) is 2.69. The van der Waals surface area contributed by atoms with Crippen molar-refractivity contribution in [1.29, 1.82) is 0 Å². The van der Waals surface area contributed by atoms with E-state index in [1.54, 1.807) is 0 Å². The van der Waals surface area contributed by atoms with E-state index < -0.39 is 11.6 Å². The van der Waals surface area contributed by atoms with Gasteiger partial charge in [-0.2, -0.15) is 0 Å². The molecule has 0 saturated carbocycles. The number of nitrogens with one attached hydrogen (secondary N) is 1. The molecular weight excluding hydrogens is 370 g/mol. The Morgan fingerprint density at radius 2 is 1.79 bits per heavy atom. The molecule has 6 heteroatoms. The van der Waals surface area contributed by atoms with Gasteiger partial charge in [0.1, 0.15) is 11.7 Å². The predicted octanol–water partition coefficient (Wildman–Crippen LogP) is 3.72. The number of amides is 1. The van der Waals surface area contributed by atoms with Crippen molar-refractivity contribution in [3.63, 3.8) is 0 Å². The minimum absolute atomic E-state index is 0.0722. The van der Waals surface area contributed by atoms with Crippen LogP contribution in [0.15, 0.2) is 54.6 Å². The molecule has 1 amide bonds. The fraction of sp³-hybridized carbons (Fsp3) is 0.364. The molecule has 0 radical (unpaired) electrons. The number of hydrogen-bond donors (Lipinski definition) is 1. The van der Waals surface area contributed by atoms with E-state index in [9.17, 15) is 4.79 Å². The van der Waals surface area contributed by atoms with E-state index in [0.29, 0.717) is 18.2 Å². The summed E-state index contributed by atoms with van der Waals surface area (Å²) in [7, 11) is 0. The van der Waals surface area contributed by atoms with Crippen molar-refractivity contribution in [2.75, 3.05) is 18.0 Å². The molecule has 3 unspecified atom stereocenters. The van der Waals surface area contributed by atoms with Crippen LogP contribution in [0.25, 0.3) is 0 Å². The van der Waals surface area contributed by atoms with Gasteiger partial charge in [-0.3, -0.25) is 9.69 Å². The third-order valence-electron chi connectivity index (χ3n) is 5.76. The van der Waals surface area contributed by atoms with Gasteiger partial charge in [0.15, 0.2) is 10.8 Å². The summed E-state index contributed by atoms with van der Waals surface area (Å²) in [6.07, 6.45) is 0. The molecule has 2 aromatic carbocycles. The fourth-order valence-corrected chi connectivity index (χ4v) is 4.82. The van der Waals surface area contributed by atoms with Crippen molar-refractivity contribution in [2.45, 2.75) is 32.5 Å². The zero-order chi connectivity index (χ0) is 19.9. The molecule has 4 rings (SSSR count). The maximum absolute atomic E-state index is 13.6. The minimum Gasteiger partial charge on any atom is -0.467 e. The van der Waals surface area contributed by atoms with E-state index >= 15 is 0 Å². The van der Waals surface area contributed by atoms with Crippen molar-refractivity contribution in [1.82, 2.24) is 10.2 Å². The van der Waals surface area contributed by atoms with Crippen molar-refractivity contribution in [2.24, 2.45) is 5.92 Å². The molecule has 2 aromatic rings. The SMILES string of the molecule is CCN(CC)C(=O)C1C2NC(=S)N(c3ccccc3)C1(C)Oc1ccccc12. The van der Waals surface area contributed by atoms with Gasteiger partial charge in [0.05, 0.1) is 6.04 Å². The summed E-state index contributed by atoms with van der Waals surface area (Å²) in [6.45, 7) is 7.30. The summed E-state index contributed by atoms with van der Waals surface area (Å²) >= 11 is 5.74. The predicted molar refractivity (Wildman–Crippen MR) is 114 cm³/mol. The molecule has 1 N–H and O–H groups in total. The zero-order valence-electron chi connectivity index (χ0n) is 16.4. The van der Waals surface area contributed by atoms with Gasteiger partial charge >= 0.3 is 0 Å². The lowest BCUT2D eigenvalue weighted by Gasteiger charge is -2.56. The van der Waals surface area contributed by atoms with Crippen molar-refractivity contribution < 1.29 is 9.53 Å². The first kappa shape index (κ1) is 18.7. The number of nitrogens with zero attached hydrogens (tertiary/aromatic N) is 2. The molecule has 5 nitrogen and oxygen atoms in total. The molecule has 2 bridgehead atoms. The third kappa shape index (κ3) is 2.75. The molecule has 1 fully saturated rings. The number of benzene rings is 2. The Morgan fingerprint density at radius 3 is 2.46 bits per heavy atom. The maximum Gasteiger partial charge on any atom is 0.234 e. The van der Waals surface area contributed by atoms with Crippen LogP contribution in [0.1, 0.15) is 32.4 Å². The highest BCUT2D eigenvalue weighted by atomic mass is 32.1. The van der Waals surface area contributed by atoms with Crippen LogP contribution in [0.3, 0.4) is 0 Å². The molecule has 2 aliphatic rings. The number of carbonyl (C=O) groups excluding carboxylic acids is 1. The van der Waals surface area contributed by atoms with Crippen LogP contribution < -0.4 is 15.0 Å². The maximum atomic E-state index is 13.6. The van der Waals surface area contributed by atoms with E-state index in [0.717, 1.165) is 17.0 Å². The van der Waals surface area contributed by atoms with Gasteiger partial charge in [0.2, 0.25) is 5.91 Å². The van der Waals surface area contributed by atoms with Crippen molar-refractivity contribution in [3.05, 3.63) is 60.2 Å². The summed E-state index contributed by atoms with van der Waals surface area (Å²) in [5.74, 6) is 0.423. The topological polar surface area (TPSA) is 44.8 Å². The van der Waals surface area contributed by atoms with E-state index in [1.807, 2.05) is 85.2 Å². The van der Waals surface area contributed by atoms with Crippen LogP contribution in [0.4, 0.5) is 5.69 Å². The Morgan fingerprint density at radius 1 is 1.14 bits per heavy atom. The lowest BCUT2D eigenvalue weighted by atomic mass is 9.78. The van der Waals surface area contributed by atoms with Gasteiger partial charge in [-0.1, -0.05) is 36.4 Å². The monoisotopic (exact) mass is 395 g/mol. The molecule has 0 spiro atoms. The Hall–Kier alpha value is -2.60. The minimum atomic E-state index is -0.928. The smallest absolute Gasteiger partial charge is 0.234 e.